The molecule has 0 aliphatic rings. The monoisotopic (exact) mass is 298 g/mol. The summed E-state index contributed by atoms with van der Waals surface area (Å²) >= 11 is 5.74. The number of aliphatic hydroxyl groups is 1. The van der Waals surface area contributed by atoms with E-state index in [0.29, 0.717) is 16.3 Å². The van der Waals surface area contributed by atoms with E-state index in [1.165, 1.54) is 6.07 Å². The number of hydrogen-bond acceptors (Lipinski definition) is 2. The molecule has 2 aromatic carbocycles. The van der Waals surface area contributed by atoms with Crippen LogP contribution in [0, 0.1) is 11.6 Å². The lowest BCUT2D eigenvalue weighted by molar-refractivity contribution is 0.107. The molecule has 0 spiro atoms. The van der Waals surface area contributed by atoms with Gasteiger partial charge in [0.05, 0.1) is 6.10 Å². The molecular formula is C15H13ClF2O2. The van der Waals surface area contributed by atoms with Gasteiger partial charge in [-0.05, 0) is 42.0 Å². The van der Waals surface area contributed by atoms with Gasteiger partial charge in [0, 0.05) is 11.4 Å². The molecule has 106 valence electrons. The maximum atomic E-state index is 13.0. The van der Waals surface area contributed by atoms with Crippen molar-refractivity contribution in [1.29, 1.82) is 0 Å². The lowest BCUT2D eigenvalue weighted by Crippen LogP contribution is -2.20. The summed E-state index contributed by atoms with van der Waals surface area (Å²) in [6.07, 6.45) is -0.624. The third-order valence-corrected chi connectivity index (χ3v) is 2.96. The van der Waals surface area contributed by atoms with Crippen LogP contribution in [0.25, 0.3) is 0 Å². The zero-order valence-corrected chi connectivity index (χ0v) is 11.3. The van der Waals surface area contributed by atoms with Gasteiger partial charge in [0.2, 0.25) is 0 Å². The molecule has 20 heavy (non-hydrogen) atoms. The molecule has 0 saturated carbocycles. The Bertz CT molecular complexity index is 573. The normalized spacial score (nSPS) is 12.2. The standard InChI is InChI=1S/C15H13ClF2O2/c16-11-2-4-13(5-3-11)20-9-12(19)7-10-1-6-14(17)15(18)8-10/h1-6,8,12,19H,7,9H2. The zero-order chi connectivity index (χ0) is 14.5. The fourth-order valence-corrected chi connectivity index (χ4v) is 1.85. The van der Waals surface area contributed by atoms with Crippen LogP contribution in [0.5, 0.6) is 5.75 Å². The molecular weight excluding hydrogens is 286 g/mol. The number of halogens is 3. The van der Waals surface area contributed by atoms with E-state index < -0.39 is 17.7 Å². The molecule has 0 radical (unpaired) electrons. The lowest BCUT2D eigenvalue weighted by Gasteiger charge is -2.12. The van der Waals surface area contributed by atoms with Crippen LogP contribution < -0.4 is 4.74 Å². The molecule has 0 aromatic heterocycles. The summed E-state index contributed by atoms with van der Waals surface area (Å²) in [5.41, 5.74) is 0.510. The zero-order valence-electron chi connectivity index (χ0n) is 10.5. The first-order chi connectivity index (χ1) is 9.54. The first kappa shape index (κ1) is 14.8. The van der Waals surface area contributed by atoms with Gasteiger partial charge in [-0.1, -0.05) is 17.7 Å². The van der Waals surface area contributed by atoms with Gasteiger partial charge < -0.3 is 9.84 Å². The number of rotatable bonds is 5. The Kier molecular flexibility index (Phi) is 4.93. The molecule has 0 bridgehead atoms. The van der Waals surface area contributed by atoms with E-state index in [9.17, 15) is 13.9 Å². The predicted octanol–water partition coefficient (Wildman–Crippen LogP) is 3.60. The Hall–Kier alpha value is -1.65. The van der Waals surface area contributed by atoms with E-state index in [4.69, 9.17) is 16.3 Å². The van der Waals surface area contributed by atoms with Gasteiger partial charge in [0.1, 0.15) is 12.4 Å². The molecule has 0 aliphatic heterocycles. The van der Waals surface area contributed by atoms with Crippen LogP contribution in [-0.4, -0.2) is 17.8 Å². The van der Waals surface area contributed by atoms with E-state index in [1.807, 2.05) is 0 Å². The van der Waals surface area contributed by atoms with E-state index in [-0.39, 0.29) is 13.0 Å². The smallest absolute Gasteiger partial charge is 0.159 e. The topological polar surface area (TPSA) is 29.5 Å². The van der Waals surface area contributed by atoms with E-state index in [1.54, 1.807) is 24.3 Å². The number of benzene rings is 2. The van der Waals surface area contributed by atoms with Crippen molar-refractivity contribution in [3.8, 4) is 5.75 Å². The highest BCUT2D eigenvalue weighted by molar-refractivity contribution is 6.30. The van der Waals surface area contributed by atoms with Crippen LogP contribution >= 0.6 is 11.6 Å². The maximum Gasteiger partial charge on any atom is 0.159 e. The molecule has 0 heterocycles. The third-order valence-electron chi connectivity index (χ3n) is 2.71. The molecule has 2 nitrogen and oxygen atoms in total. The summed E-state index contributed by atoms with van der Waals surface area (Å²) < 4.78 is 31.2. The quantitative estimate of drug-likeness (QED) is 0.914. The Morgan fingerprint density at radius 3 is 2.40 bits per heavy atom. The molecule has 1 unspecified atom stereocenters. The van der Waals surface area contributed by atoms with Crippen LogP contribution in [-0.2, 0) is 6.42 Å². The molecule has 2 aromatic rings. The largest absolute Gasteiger partial charge is 0.491 e. The first-order valence-electron chi connectivity index (χ1n) is 6.05. The van der Waals surface area contributed by atoms with Gasteiger partial charge >= 0.3 is 0 Å². The van der Waals surface area contributed by atoms with Crippen LogP contribution in [0.15, 0.2) is 42.5 Å². The second-order valence-electron chi connectivity index (χ2n) is 4.37. The first-order valence-corrected chi connectivity index (χ1v) is 6.43. The summed E-state index contributed by atoms with van der Waals surface area (Å²) in [5.74, 6) is -1.24. The van der Waals surface area contributed by atoms with Crippen LogP contribution in [0.3, 0.4) is 0 Å². The van der Waals surface area contributed by atoms with Crippen molar-refractivity contribution >= 4 is 11.6 Å². The highest BCUT2D eigenvalue weighted by Crippen LogP contribution is 2.16. The molecule has 0 aliphatic carbocycles. The molecule has 2 rings (SSSR count). The number of aliphatic hydroxyl groups excluding tert-OH is 1. The van der Waals surface area contributed by atoms with E-state index >= 15 is 0 Å². The second-order valence-corrected chi connectivity index (χ2v) is 4.81. The Balaban J connectivity index is 1.87. The summed E-state index contributed by atoms with van der Waals surface area (Å²) in [7, 11) is 0. The SMILES string of the molecule is OC(COc1ccc(Cl)cc1)Cc1ccc(F)c(F)c1. The van der Waals surface area contributed by atoms with Crippen LogP contribution in [0.4, 0.5) is 8.78 Å². The average molecular weight is 299 g/mol. The minimum Gasteiger partial charge on any atom is -0.491 e. The van der Waals surface area contributed by atoms with Gasteiger partial charge in [0.15, 0.2) is 11.6 Å². The highest BCUT2D eigenvalue weighted by Gasteiger charge is 2.09. The van der Waals surface area contributed by atoms with Gasteiger partial charge in [0.25, 0.3) is 0 Å². The third kappa shape index (κ3) is 4.18. The van der Waals surface area contributed by atoms with Crippen molar-refractivity contribution < 1.29 is 18.6 Å². The minimum absolute atomic E-state index is 0.0562. The Morgan fingerprint density at radius 2 is 1.75 bits per heavy atom. The molecule has 1 atom stereocenters. The van der Waals surface area contributed by atoms with Crippen LogP contribution in [0.2, 0.25) is 5.02 Å². The van der Waals surface area contributed by atoms with Crippen LogP contribution in [0.1, 0.15) is 5.56 Å². The predicted molar refractivity (Wildman–Crippen MR) is 73.0 cm³/mol. The second kappa shape index (κ2) is 6.68. The van der Waals surface area contributed by atoms with Crippen molar-refractivity contribution in [2.45, 2.75) is 12.5 Å². The Labute approximate surface area is 120 Å². The average Bonchev–Trinajstić information content (AvgIpc) is 2.42. The van der Waals surface area contributed by atoms with Crippen molar-refractivity contribution in [3.63, 3.8) is 0 Å². The number of ether oxygens (including phenoxy) is 1. The van der Waals surface area contributed by atoms with Gasteiger partial charge in [-0.15, -0.1) is 0 Å². The van der Waals surface area contributed by atoms with Crippen molar-refractivity contribution in [1.82, 2.24) is 0 Å². The summed E-state index contributed by atoms with van der Waals surface area (Å²) in [6.45, 7) is 0.0562. The molecule has 0 fully saturated rings. The minimum atomic E-state index is -0.923. The van der Waals surface area contributed by atoms with Gasteiger partial charge in [-0.3, -0.25) is 0 Å². The maximum absolute atomic E-state index is 13.0. The molecule has 0 saturated heterocycles. The Morgan fingerprint density at radius 1 is 1.05 bits per heavy atom. The van der Waals surface area contributed by atoms with Crippen molar-refractivity contribution in [2.75, 3.05) is 6.61 Å². The molecule has 0 amide bonds. The van der Waals surface area contributed by atoms with E-state index in [0.717, 1.165) is 12.1 Å². The van der Waals surface area contributed by atoms with E-state index in [2.05, 4.69) is 0 Å². The van der Waals surface area contributed by atoms with Gasteiger partial charge in [-0.25, -0.2) is 8.78 Å². The van der Waals surface area contributed by atoms with Gasteiger partial charge in [-0.2, -0.15) is 0 Å². The summed E-state index contributed by atoms with van der Waals surface area (Å²) in [5, 5.41) is 10.4. The summed E-state index contributed by atoms with van der Waals surface area (Å²) in [6, 6.07) is 10.3. The number of hydrogen-bond donors (Lipinski definition) is 1. The van der Waals surface area contributed by atoms with Crippen molar-refractivity contribution in [3.05, 3.63) is 64.7 Å². The fraction of sp³-hybridized carbons (Fsp3) is 0.200. The lowest BCUT2D eigenvalue weighted by atomic mass is 10.1. The van der Waals surface area contributed by atoms with Crippen molar-refractivity contribution in [2.24, 2.45) is 0 Å². The fourth-order valence-electron chi connectivity index (χ4n) is 1.72. The molecule has 1 N–H and O–H groups in total. The molecule has 5 heteroatoms. The highest BCUT2D eigenvalue weighted by atomic mass is 35.5. The summed E-state index contributed by atoms with van der Waals surface area (Å²) in [4.78, 5) is 0.